The predicted octanol–water partition coefficient (Wildman–Crippen LogP) is 2.81. The van der Waals surface area contributed by atoms with Crippen molar-refractivity contribution in [3.05, 3.63) is 48.0 Å². The van der Waals surface area contributed by atoms with Crippen LogP contribution in [0.15, 0.2) is 42.5 Å². The van der Waals surface area contributed by atoms with E-state index >= 15 is 0 Å². The van der Waals surface area contributed by atoms with E-state index in [1.807, 2.05) is 6.07 Å². The molecule has 0 radical (unpaired) electrons. The summed E-state index contributed by atoms with van der Waals surface area (Å²) < 4.78 is 1.66. The molecule has 3 rings (SSSR count). The SMILES string of the molecule is CC(=O)c1ccc(NC(=O)Nc2ccc3c(c2)nnn3C)cc1. The Labute approximate surface area is 132 Å². The van der Waals surface area contributed by atoms with Crippen LogP contribution in [0.25, 0.3) is 11.0 Å². The van der Waals surface area contributed by atoms with Gasteiger partial charge >= 0.3 is 6.03 Å². The minimum atomic E-state index is -0.371. The Bertz CT molecular complexity index is 883. The van der Waals surface area contributed by atoms with Crippen LogP contribution in [0.4, 0.5) is 16.2 Å². The van der Waals surface area contributed by atoms with Crippen molar-refractivity contribution in [2.75, 3.05) is 10.6 Å². The average Bonchev–Trinajstić information content (AvgIpc) is 2.88. The quantitative estimate of drug-likeness (QED) is 0.728. The molecule has 7 heteroatoms. The smallest absolute Gasteiger partial charge is 0.308 e. The molecule has 0 aliphatic carbocycles. The second kappa shape index (κ2) is 5.88. The monoisotopic (exact) mass is 309 g/mol. The second-order valence-electron chi connectivity index (χ2n) is 5.13. The molecule has 0 saturated carbocycles. The molecule has 1 aromatic heterocycles. The fourth-order valence-corrected chi connectivity index (χ4v) is 2.20. The Morgan fingerprint density at radius 3 is 2.35 bits per heavy atom. The highest BCUT2D eigenvalue weighted by Crippen LogP contribution is 2.17. The molecule has 0 aliphatic heterocycles. The number of urea groups is 1. The molecule has 3 aromatic rings. The third kappa shape index (κ3) is 3.18. The number of carbonyl (C=O) groups excluding carboxylic acids is 2. The molecule has 0 aliphatic rings. The van der Waals surface area contributed by atoms with Crippen LogP contribution in [0.5, 0.6) is 0 Å². The molecule has 2 N–H and O–H groups in total. The Kier molecular flexibility index (Phi) is 3.76. The molecule has 0 bridgehead atoms. The van der Waals surface area contributed by atoms with Crippen molar-refractivity contribution in [3.8, 4) is 0 Å². The number of amides is 2. The zero-order chi connectivity index (χ0) is 16.4. The average molecular weight is 309 g/mol. The summed E-state index contributed by atoms with van der Waals surface area (Å²) in [5.41, 5.74) is 3.42. The Hall–Kier alpha value is -3.22. The number of nitrogens with one attached hydrogen (secondary N) is 2. The van der Waals surface area contributed by atoms with E-state index in [0.29, 0.717) is 22.5 Å². The number of nitrogens with zero attached hydrogens (tertiary/aromatic N) is 3. The van der Waals surface area contributed by atoms with Crippen molar-refractivity contribution in [1.82, 2.24) is 15.0 Å². The zero-order valence-corrected chi connectivity index (χ0v) is 12.7. The number of aryl methyl sites for hydroxylation is 1. The lowest BCUT2D eigenvalue weighted by molar-refractivity contribution is 0.101. The molecule has 0 fully saturated rings. The number of anilines is 2. The van der Waals surface area contributed by atoms with E-state index in [1.54, 1.807) is 48.1 Å². The van der Waals surface area contributed by atoms with Gasteiger partial charge in [0.25, 0.3) is 0 Å². The van der Waals surface area contributed by atoms with Gasteiger partial charge in [-0.05, 0) is 49.4 Å². The largest absolute Gasteiger partial charge is 0.323 e. The zero-order valence-electron chi connectivity index (χ0n) is 12.7. The van der Waals surface area contributed by atoms with Crippen molar-refractivity contribution >= 4 is 34.2 Å². The van der Waals surface area contributed by atoms with E-state index in [4.69, 9.17) is 0 Å². The Balaban J connectivity index is 1.69. The van der Waals surface area contributed by atoms with Crippen LogP contribution in [-0.2, 0) is 7.05 Å². The fourth-order valence-electron chi connectivity index (χ4n) is 2.20. The summed E-state index contributed by atoms with van der Waals surface area (Å²) in [5, 5.41) is 13.4. The van der Waals surface area contributed by atoms with Gasteiger partial charge in [-0.15, -0.1) is 5.10 Å². The van der Waals surface area contributed by atoms with Crippen LogP contribution in [0.3, 0.4) is 0 Å². The summed E-state index contributed by atoms with van der Waals surface area (Å²) in [7, 11) is 1.81. The summed E-state index contributed by atoms with van der Waals surface area (Å²) >= 11 is 0. The molecule has 23 heavy (non-hydrogen) atoms. The number of fused-ring (bicyclic) bond motifs is 1. The first-order valence-electron chi connectivity index (χ1n) is 7.01. The maximum Gasteiger partial charge on any atom is 0.323 e. The second-order valence-corrected chi connectivity index (χ2v) is 5.13. The van der Waals surface area contributed by atoms with Gasteiger partial charge in [-0.25, -0.2) is 9.48 Å². The van der Waals surface area contributed by atoms with Gasteiger partial charge in [0.2, 0.25) is 0 Å². The van der Waals surface area contributed by atoms with E-state index in [1.165, 1.54) is 6.92 Å². The first kappa shape index (κ1) is 14.7. The van der Waals surface area contributed by atoms with E-state index in [0.717, 1.165) is 5.52 Å². The summed E-state index contributed by atoms with van der Waals surface area (Å²) in [6.45, 7) is 1.50. The molecular weight excluding hydrogens is 294 g/mol. The van der Waals surface area contributed by atoms with E-state index in [-0.39, 0.29) is 11.8 Å². The van der Waals surface area contributed by atoms with E-state index in [2.05, 4.69) is 20.9 Å². The first-order valence-corrected chi connectivity index (χ1v) is 7.01. The molecule has 7 nitrogen and oxygen atoms in total. The summed E-state index contributed by atoms with van der Waals surface area (Å²) in [4.78, 5) is 23.2. The van der Waals surface area contributed by atoms with Crippen LogP contribution in [0, 0.1) is 0 Å². The van der Waals surface area contributed by atoms with Crippen molar-refractivity contribution < 1.29 is 9.59 Å². The molecule has 1 heterocycles. The number of hydrogen-bond acceptors (Lipinski definition) is 4. The lowest BCUT2D eigenvalue weighted by Crippen LogP contribution is -2.19. The fraction of sp³-hybridized carbons (Fsp3) is 0.125. The number of ketones is 1. The highest BCUT2D eigenvalue weighted by atomic mass is 16.2. The Morgan fingerprint density at radius 1 is 1.00 bits per heavy atom. The third-order valence-electron chi connectivity index (χ3n) is 3.42. The minimum Gasteiger partial charge on any atom is -0.308 e. The van der Waals surface area contributed by atoms with Gasteiger partial charge < -0.3 is 10.6 Å². The number of Topliss-reactive ketones (excluding diaryl/α,β-unsaturated/α-hetero) is 1. The van der Waals surface area contributed by atoms with Gasteiger partial charge in [0.15, 0.2) is 5.78 Å². The standard InChI is InChI=1S/C16H15N5O2/c1-10(22)11-3-5-12(6-4-11)17-16(23)18-13-7-8-15-14(9-13)19-20-21(15)2/h3-9H,1-2H3,(H2,17,18,23). The topological polar surface area (TPSA) is 88.9 Å². The van der Waals surface area contributed by atoms with E-state index < -0.39 is 0 Å². The third-order valence-corrected chi connectivity index (χ3v) is 3.42. The lowest BCUT2D eigenvalue weighted by Gasteiger charge is -2.08. The minimum absolute atomic E-state index is 0.0155. The van der Waals surface area contributed by atoms with Crippen LogP contribution in [0.1, 0.15) is 17.3 Å². The van der Waals surface area contributed by atoms with Gasteiger partial charge in [0.1, 0.15) is 5.52 Å². The number of benzene rings is 2. The lowest BCUT2D eigenvalue weighted by atomic mass is 10.1. The van der Waals surface area contributed by atoms with Crippen molar-refractivity contribution in [1.29, 1.82) is 0 Å². The Morgan fingerprint density at radius 2 is 1.65 bits per heavy atom. The molecule has 116 valence electrons. The van der Waals surface area contributed by atoms with Gasteiger partial charge in [0, 0.05) is 24.0 Å². The van der Waals surface area contributed by atoms with Crippen molar-refractivity contribution in [3.63, 3.8) is 0 Å². The highest BCUT2D eigenvalue weighted by Gasteiger charge is 2.06. The number of hydrogen-bond donors (Lipinski definition) is 2. The molecular formula is C16H15N5O2. The van der Waals surface area contributed by atoms with Gasteiger partial charge in [-0.2, -0.15) is 0 Å². The van der Waals surface area contributed by atoms with Gasteiger partial charge in [-0.1, -0.05) is 5.21 Å². The molecule has 2 amide bonds. The summed E-state index contributed by atoms with van der Waals surface area (Å²) in [5.74, 6) is -0.0155. The number of rotatable bonds is 3. The van der Waals surface area contributed by atoms with Crippen molar-refractivity contribution in [2.24, 2.45) is 7.05 Å². The molecule has 0 unspecified atom stereocenters. The van der Waals surface area contributed by atoms with Crippen LogP contribution < -0.4 is 10.6 Å². The highest BCUT2D eigenvalue weighted by molar-refractivity contribution is 6.01. The van der Waals surface area contributed by atoms with Gasteiger partial charge in [-0.3, -0.25) is 4.79 Å². The molecule has 2 aromatic carbocycles. The predicted molar refractivity (Wildman–Crippen MR) is 87.6 cm³/mol. The van der Waals surface area contributed by atoms with Crippen LogP contribution in [-0.4, -0.2) is 26.8 Å². The van der Waals surface area contributed by atoms with Crippen LogP contribution >= 0.6 is 0 Å². The first-order chi connectivity index (χ1) is 11.0. The molecule has 0 saturated heterocycles. The summed E-state index contributed by atoms with van der Waals surface area (Å²) in [6.07, 6.45) is 0. The number of aromatic nitrogens is 3. The maximum atomic E-state index is 12.0. The van der Waals surface area contributed by atoms with E-state index in [9.17, 15) is 9.59 Å². The van der Waals surface area contributed by atoms with Crippen LogP contribution in [0.2, 0.25) is 0 Å². The number of carbonyl (C=O) groups is 2. The maximum absolute atomic E-state index is 12.0. The van der Waals surface area contributed by atoms with Crippen molar-refractivity contribution in [2.45, 2.75) is 6.92 Å². The molecule has 0 atom stereocenters. The normalized spacial score (nSPS) is 10.5. The summed E-state index contributed by atoms with van der Waals surface area (Å²) in [6, 6.07) is 11.7. The van der Waals surface area contributed by atoms with Gasteiger partial charge in [0.05, 0.1) is 5.52 Å². The molecule has 0 spiro atoms.